The first-order chi connectivity index (χ1) is 8.24. The molecule has 0 spiro atoms. The molecule has 3 heteroatoms. The van der Waals surface area contributed by atoms with Crippen molar-refractivity contribution in [2.45, 2.75) is 65.2 Å². The van der Waals surface area contributed by atoms with Gasteiger partial charge in [-0.05, 0) is 54.3 Å². The fourth-order valence-electron chi connectivity index (χ4n) is 3.18. The molecule has 0 bridgehead atoms. The maximum Gasteiger partial charge on any atom is 0.0790 e. The highest BCUT2D eigenvalue weighted by Gasteiger charge is 2.53. The summed E-state index contributed by atoms with van der Waals surface area (Å²) in [5.41, 5.74) is -0.143. The average Bonchev–Trinajstić information content (AvgIpc) is 2.41. The highest BCUT2D eigenvalue weighted by Crippen LogP contribution is 2.42. The number of hydrogen-bond donors (Lipinski definition) is 1. The van der Waals surface area contributed by atoms with Gasteiger partial charge in [-0.1, -0.05) is 13.8 Å². The smallest absolute Gasteiger partial charge is 0.0790 e. The van der Waals surface area contributed by atoms with E-state index in [-0.39, 0.29) is 11.2 Å². The summed E-state index contributed by atoms with van der Waals surface area (Å²) in [6.07, 6.45) is 1.17. The Morgan fingerprint density at radius 1 is 1.11 bits per heavy atom. The van der Waals surface area contributed by atoms with Gasteiger partial charge in [0.15, 0.2) is 0 Å². The quantitative estimate of drug-likeness (QED) is 0.790. The predicted octanol–water partition coefficient (Wildman–Crippen LogP) is 2.51. The third-order valence-electron chi connectivity index (χ3n) is 4.23. The van der Waals surface area contributed by atoms with Gasteiger partial charge < -0.3 is 15.0 Å². The summed E-state index contributed by atoms with van der Waals surface area (Å²) in [5, 5.41) is 3.71. The molecule has 0 aromatic carbocycles. The second-order valence-corrected chi connectivity index (χ2v) is 6.70. The fraction of sp³-hybridized carbons (Fsp3) is 1.00. The van der Waals surface area contributed by atoms with Crippen molar-refractivity contribution in [1.29, 1.82) is 0 Å². The number of ether oxygens (including phenoxy) is 1. The summed E-state index contributed by atoms with van der Waals surface area (Å²) in [6, 6.07) is 0.432. The van der Waals surface area contributed by atoms with Crippen molar-refractivity contribution < 1.29 is 4.74 Å². The molecule has 0 aromatic heterocycles. The molecule has 2 atom stereocenters. The highest BCUT2D eigenvalue weighted by molar-refractivity contribution is 5.05. The number of nitrogens with zero attached hydrogens (tertiary/aromatic N) is 1. The minimum absolute atomic E-state index is 0.0572. The van der Waals surface area contributed by atoms with E-state index in [0.29, 0.717) is 12.0 Å². The van der Waals surface area contributed by atoms with Gasteiger partial charge in [-0.3, -0.25) is 0 Å². The molecule has 1 aliphatic heterocycles. The first kappa shape index (κ1) is 15.9. The van der Waals surface area contributed by atoms with E-state index in [1.54, 1.807) is 0 Å². The molecule has 108 valence electrons. The van der Waals surface area contributed by atoms with E-state index in [4.69, 9.17) is 4.74 Å². The zero-order chi connectivity index (χ0) is 14.0. The van der Waals surface area contributed by atoms with E-state index in [1.165, 1.54) is 6.42 Å². The van der Waals surface area contributed by atoms with Crippen molar-refractivity contribution in [3.05, 3.63) is 0 Å². The second kappa shape index (κ2) is 5.89. The first-order valence-corrected chi connectivity index (χ1v) is 7.36. The summed E-state index contributed by atoms with van der Waals surface area (Å²) < 4.78 is 6.31. The molecule has 18 heavy (non-hydrogen) atoms. The van der Waals surface area contributed by atoms with Gasteiger partial charge in [0.2, 0.25) is 0 Å². The minimum atomic E-state index is -0.0854. The fourth-order valence-corrected chi connectivity index (χ4v) is 3.18. The third kappa shape index (κ3) is 3.46. The Labute approximate surface area is 113 Å². The van der Waals surface area contributed by atoms with Crippen LogP contribution in [0.5, 0.6) is 0 Å². The highest BCUT2D eigenvalue weighted by atomic mass is 16.5. The minimum Gasteiger partial charge on any atom is -0.368 e. The van der Waals surface area contributed by atoms with Crippen LogP contribution in [-0.2, 0) is 4.74 Å². The lowest BCUT2D eigenvalue weighted by atomic mass is 9.82. The van der Waals surface area contributed by atoms with Crippen molar-refractivity contribution in [3.63, 3.8) is 0 Å². The van der Waals surface area contributed by atoms with Crippen molar-refractivity contribution in [1.82, 2.24) is 10.2 Å². The van der Waals surface area contributed by atoms with Crippen molar-refractivity contribution in [3.8, 4) is 0 Å². The zero-order valence-corrected chi connectivity index (χ0v) is 13.3. The van der Waals surface area contributed by atoms with Crippen LogP contribution in [0.1, 0.15) is 48.0 Å². The Morgan fingerprint density at radius 2 is 1.72 bits per heavy atom. The van der Waals surface area contributed by atoms with E-state index in [2.05, 4.69) is 58.8 Å². The molecular formula is C15H32N2O. The molecule has 0 amide bonds. The lowest BCUT2D eigenvalue weighted by Crippen LogP contribution is -2.50. The van der Waals surface area contributed by atoms with E-state index >= 15 is 0 Å². The molecule has 1 aliphatic rings. The maximum absolute atomic E-state index is 6.31. The van der Waals surface area contributed by atoms with E-state index in [1.807, 2.05) is 0 Å². The molecule has 1 saturated heterocycles. The van der Waals surface area contributed by atoms with Crippen LogP contribution in [0.3, 0.4) is 0 Å². The number of nitrogens with one attached hydrogen (secondary N) is 1. The zero-order valence-electron chi connectivity index (χ0n) is 13.3. The summed E-state index contributed by atoms with van der Waals surface area (Å²) in [6.45, 7) is 16.6. The van der Waals surface area contributed by atoms with Crippen LogP contribution in [0.4, 0.5) is 0 Å². The van der Waals surface area contributed by atoms with Crippen LogP contribution >= 0.6 is 0 Å². The van der Waals surface area contributed by atoms with Gasteiger partial charge in [-0.2, -0.15) is 0 Å². The number of hydrogen-bond acceptors (Lipinski definition) is 3. The molecule has 3 nitrogen and oxygen atoms in total. The topological polar surface area (TPSA) is 24.5 Å². The van der Waals surface area contributed by atoms with Crippen LogP contribution in [0, 0.1) is 5.92 Å². The Bertz CT molecular complexity index is 263. The summed E-state index contributed by atoms with van der Waals surface area (Å²) >= 11 is 0. The van der Waals surface area contributed by atoms with E-state index in [0.717, 1.165) is 19.6 Å². The molecule has 1 fully saturated rings. The molecule has 1 N–H and O–H groups in total. The Hall–Kier alpha value is -0.120. The second-order valence-electron chi connectivity index (χ2n) is 6.70. The van der Waals surface area contributed by atoms with Crippen LogP contribution in [0.15, 0.2) is 0 Å². The summed E-state index contributed by atoms with van der Waals surface area (Å²) in [5.74, 6) is 0.531. The monoisotopic (exact) mass is 256 g/mol. The lowest BCUT2D eigenvalue weighted by molar-refractivity contribution is -0.0791. The Morgan fingerprint density at radius 3 is 2.22 bits per heavy atom. The third-order valence-corrected chi connectivity index (χ3v) is 4.23. The molecule has 1 rings (SSSR count). The van der Waals surface area contributed by atoms with E-state index in [9.17, 15) is 0 Å². The molecule has 1 heterocycles. The number of rotatable bonds is 6. The van der Waals surface area contributed by atoms with Gasteiger partial charge in [-0.15, -0.1) is 0 Å². The Balaban J connectivity index is 2.84. The van der Waals surface area contributed by atoms with Crippen LogP contribution in [-0.4, -0.2) is 48.8 Å². The van der Waals surface area contributed by atoms with E-state index < -0.39 is 0 Å². The SMILES string of the molecule is CCCNC1C(CN(C)CC)C(C)(C)OC1(C)C. The van der Waals surface area contributed by atoms with Gasteiger partial charge in [-0.25, -0.2) is 0 Å². The van der Waals surface area contributed by atoms with Gasteiger partial charge in [0.1, 0.15) is 0 Å². The van der Waals surface area contributed by atoms with Crippen LogP contribution in [0.2, 0.25) is 0 Å². The average molecular weight is 256 g/mol. The molecule has 0 radical (unpaired) electrons. The van der Waals surface area contributed by atoms with Crippen LogP contribution in [0.25, 0.3) is 0 Å². The lowest BCUT2D eigenvalue weighted by Gasteiger charge is -2.33. The largest absolute Gasteiger partial charge is 0.368 e. The molecular weight excluding hydrogens is 224 g/mol. The van der Waals surface area contributed by atoms with Crippen molar-refractivity contribution >= 4 is 0 Å². The summed E-state index contributed by atoms with van der Waals surface area (Å²) in [7, 11) is 2.19. The molecule has 0 aromatic rings. The van der Waals surface area contributed by atoms with Gasteiger partial charge >= 0.3 is 0 Å². The Kier molecular flexibility index (Phi) is 5.22. The summed E-state index contributed by atoms with van der Waals surface area (Å²) in [4.78, 5) is 2.39. The van der Waals surface area contributed by atoms with Gasteiger partial charge in [0.05, 0.1) is 11.2 Å². The molecule has 0 saturated carbocycles. The standard InChI is InChI=1S/C15H32N2O/c1-8-10-16-13-12(11-17(7)9-2)14(3,4)18-15(13,5)6/h12-13,16H,8-11H2,1-7H3. The van der Waals surface area contributed by atoms with Crippen molar-refractivity contribution in [2.75, 3.05) is 26.7 Å². The van der Waals surface area contributed by atoms with Crippen LogP contribution < -0.4 is 5.32 Å². The maximum atomic E-state index is 6.31. The predicted molar refractivity (Wildman–Crippen MR) is 78.0 cm³/mol. The molecule has 0 aliphatic carbocycles. The van der Waals surface area contributed by atoms with Gasteiger partial charge in [0, 0.05) is 18.5 Å². The van der Waals surface area contributed by atoms with Gasteiger partial charge in [0.25, 0.3) is 0 Å². The first-order valence-electron chi connectivity index (χ1n) is 7.36. The molecule has 2 unspecified atom stereocenters. The normalized spacial score (nSPS) is 30.0. The van der Waals surface area contributed by atoms with Crippen molar-refractivity contribution in [2.24, 2.45) is 5.92 Å².